The van der Waals surface area contributed by atoms with Crippen LogP contribution in [0.5, 0.6) is 5.75 Å². The summed E-state index contributed by atoms with van der Waals surface area (Å²) in [6, 6.07) is 15.9. The molecule has 0 amide bonds. The lowest BCUT2D eigenvalue weighted by Crippen LogP contribution is -2.10. The van der Waals surface area contributed by atoms with Gasteiger partial charge in [0.25, 0.3) is 0 Å². The van der Waals surface area contributed by atoms with Crippen molar-refractivity contribution in [2.75, 3.05) is 6.61 Å². The quantitative estimate of drug-likeness (QED) is 0.640. The minimum atomic E-state index is -0.801. The molecule has 2 rings (SSSR count). The first kappa shape index (κ1) is 18.6. The molecule has 0 bridgehead atoms. The predicted molar refractivity (Wildman–Crippen MR) is 99.9 cm³/mol. The van der Waals surface area contributed by atoms with Crippen LogP contribution in [0, 0.1) is 11.8 Å². The van der Waals surface area contributed by atoms with Gasteiger partial charge in [0.1, 0.15) is 5.75 Å². The van der Waals surface area contributed by atoms with E-state index in [0.29, 0.717) is 13.0 Å². The molecule has 3 nitrogen and oxygen atoms in total. The highest BCUT2D eigenvalue weighted by Crippen LogP contribution is 2.22. The van der Waals surface area contributed by atoms with Crippen molar-refractivity contribution in [3.63, 3.8) is 0 Å². The van der Waals surface area contributed by atoms with Gasteiger partial charge in [-0.05, 0) is 53.8 Å². The van der Waals surface area contributed by atoms with Crippen molar-refractivity contribution < 1.29 is 14.6 Å². The first-order valence-corrected chi connectivity index (χ1v) is 8.42. The van der Waals surface area contributed by atoms with Crippen LogP contribution in [0.4, 0.5) is 0 Å². The fourth-order valence-electron chi connectivity index (χ4n) is 2.25. The second-order valence-corrected chi connectivity index (χ2v) is 6.95. The van der Waals surface area contributed by atoms with E-state index in [1.807, 2.05) is 36.4 Å². The number of carboxylic acid groups (broad SMARTS) is 1. The standard InChI is InChI=1S/C22H24O3/c1-22(2,3)19-12-8-17(9-13-19)6-7-18-10-14-20(15-11-18)25-16-4-5-21(23)24/h8-15H,4-5,16H2,1-3H3,(H,23,24). The lowest BCUT2D eigenvalue weighted by molar-refractivity contribution is -0.137. The maximum absolute atomic E-state index is 10.4. The van der Waals surface area contributed by atoms with Gasteiger partial charge in [0, 0.05) is 17.5 Å². The molecule has 0 aliphatic rings. The molecule has 0 unspecified atom stereocenters. The van der Waals surface area contributed by atoms with Crippen molar-refractivity contribution >= 4 is 5.97 Å². The molecule has 2 aromatic carbocycles. The zero-order valence-corrected chi connectivity index (χ0v) is 15.0. The van der Waals surface area contributed by atoms with E-state index in [0.717, 1.165) is 16.9 Å². The number of benzene rings is 2. The normalized spacial score (nSPS) is 10.7. The second-order valence-electron chi connectivity index (χ2n) is 6.95. The minimum absolute atomic E-state index is 0.123. The lowest BCUT2D eigenvalue weighted by atomic mass is 9.87. The summed E-state index contributed by atoms with van der Waals surface area (Å²) < 4.78 is 5.51. The van der Waals surface area contributed by atoms with E-state index in [1.165, 1.54) is 5.56 Å². The molecule has 0 heterocycles. The number of rotatable bonds is 5. The Bertz CT molecular complexity index is 754. The first-order valence-electron chi connectivity index (χ1n) is 8.42. The summed E-state index contributed by atoms with van der Waals surface area (Å²) in [5.41, 5.74) is 3.34. The number of ether oxygens (including phenoxy) is 1. The molecule has 0 saturated heterocycles. The van der Waals surface area contributed by atoms with Gasteiger partial charge in [-0.15, -0.1) is 0 Å². The van der Waals surface area contributed by atoms with Crippen LogP contribution in [-0.4, -0.2) is 17.7 Å². The fraction of sp³-hybridized carbons (Fsp3) is 0.318. The Hall–Kier alpha value is -2.73. The molecule has 0 aliphatic heterocycles. The monoisotopic (exact) mass is 336 g/mol. The molecule has 0 atom stereocenters. The number of carbonyl (C=O) groups is 1. The van der Waals surface area contributed by atoms with Gasteiger partial charge in [-0.1, -0.05) is 44.7 Å². The van der Waals surface area contributed by atoms with Gasteiger partial charge in [0.2, 0.25) is 0 Å². The smallest absolute Gasteiger partial charge is 0.303 e. The Morgan fingerprint density at radius 3 is 1.96 bits per heavy atom. The van der Waals surface area contributed by atoms with Gasteiger partial charge in [-0.2, -0.15) is 0 Å². The van der Waals surface area contributed by atoms with E-state index < -0.39 is 5.97 Å². The van der Waals surface area contributed by atoms with E-state index in [9.17, 15) is 4.79 Å². The Kier molecular flexibility index (Phi) is 6.25. The van der Waals surface area contributed by atoms with E-state index in [1.54, 1.807) is 0 Å². The summed E-state index contributed by atoms with van der Waals surface area (Å²) in [6.07, 6.45) is 0.624. The summed E-state index contributed by atoms with van der Waals surface area (Å²) in [7, 11) is 0. The van der Waals surface area contributed by atoms with Crippen molar-refractivity contribution in [3.8, 4) is 17.6 Å². The molecular formula is C22H24O3. The van der Waals surface area contributed by atoms with Crippen molar-refractivity contribution in [3.05, 3.63) is 65.2 Å². The lowest BCUT2D eigenvalue weighted by Gasteiger charge is -2.18. The van der Waals surface area contributed by atoms with Crippen LogP contribution >= 0.6 is 0 Å². The average Bonchev–Trinajstić information content (AvgIpc) is 2.57. The highest BCUT2D eigenvalue weighted by atomic mass is 16.5. The molecule has 3 heteroatoms. The third kappa shape index (κ3) is 6.35. The summed E-state index contributed by atoms with van der Waals surface area (Å²) in [5.74, 6) is 6.24. The van der Waals surface area contributed by atoms with Gasteiger partial charge >= 0.3 is 5.97 Å². The van der Waals surface area contributed by atoms with Crippen LogP contribution in [0.25, 0.3) is 0 Å². The van der Waals surface area contributed by atoms with Crippen LogP contribution in [-0.2, 0) is 10.2 Å². The highest BCUT2D eigenvalue weighted by Gasteiger charge is 2.12. The first-order chi connectivity index (χ1) is 11.8. The Morgan fingerprint density at radius 2 is 1.48 bits per heavy atom. The number of aliphatic carboxylic acids is 1. The van der Waals surface area contributed by atoms with E-state index in [-0.39, 0.29) is 11.8 Å². The summed E-state index contributed by atoms with van der Waals surface area (Å²) in [5, 5.41) is 8.58. The Morgan fingerprint density at radius 1 is 0.960 bits per heavy atom. The topological polar surface area (TPSA) is 46.5 Å². The average molecular weight is 336 g/mol. The third-order valence-electron chi connectivity index (χ3n) is 3.76. The predicted octanol–water partition coefficient (Wildman–Crippen LogP) is 4.63. The summed E-state index contributed by atoms with van der Waals surface area (Å²) >= 11 is 0. The minimum Gasteiger partial charge on any atom is -0.494 e. The van der Waals surface area contributed by atoms with Crippen LogP contribution < -0.4 is 4.74 Å². The van der Waals surface area contributed by atoms with Crippen LogP contribution in [0.2, 0.25) is 0 Å². The number of hydrogen-bond acceptors (Lipinski definition) is 2. The second kappa shape index (κ2) is 8.39. The van der Waals surface area contributed by atoms with Gasteiger partial charge in [-0.3, -0.25) is 4.79 Å². The van der Waals surface area contributed by atoms with Crippen molar-refractivity contribution in [1.82, 2.24) is 0 Å². The molecule has 130 valence electrons. The molecule has 0 aliphatic carbocycles. The van der Waals surface area contributed by atoms with Gasteiger partial charge in [-0.25, -0.2) is 0 Å². The Labute approximate surface area is 149 Å². The summed E-state index contributed by atoms with van der Waals surface area (Å²) in [4.78, 5) is 10.4. The number of carboxylic acids is 1. The van der Waals surface area contributed by atoms with Crippen LogP contribution in [0.3, 0.4) is 0 Å². The Balaban J connectivity index is 1.93. The molecular weight excluding hydrogens is 312 g/mol. The fourth-order valence-corrected chi connectivity index (χ4v) is 2.25. The van der Waals surface area contributed by atoms with Crippen molar-refractivity contribution in [1.29, 1.82) is 0 Å². The van der Waals surface area contributed by atoms with Gasteiger partial charge in [0.05, 0.1) is 6.61 Å². The van der Waals surface area contributed by atoms with Crippen molar-refractivity contribution in [2.24, 2.45) is 0 Å². The zero-order chi connectivity index (χ0) is 18.3. The molecule has 25 heavy (non-hydrogen) atoms. The zero-order valence-electron chi connectivity index (χ0n) is 15.0. The van der Waals surface area contributed by atoms with E-state index in [4.69, 9.17) is 9.84 Å². The maximum atomic E-state index is 10.4. The summed E-state index contributed by atoms with van der Waals surface area (Å²) in [6.45, 7) is 6.98. The highest BCUT2D eigenvalue weighted by molar-refractivity contribution is 5.66. The molecule has 0 aromatic heterocycles. The SMILES string of the molecule is CC(C)(C)c1ccc(C#Cc2ccc(OCCCC(=O)O)cc2)cc1. The number of hydrogen-bond donors (Lipinski definition) is 1. The third-order valence-corrected chi connectivity index (χ3v) is 3.76. The van der Waals surface area contributed by atoms with Crippen molar-refractivity contribution in [2.45, 2.75) is 39.0 Å². The van der Waals surface area contributed by atoms with Gasteiger partial charge < -0.3 is 9.84 Å². The van der Waals surface area contributed by atoms with E-state index >= 15 is 0 Å². The van der Waals surface area contributed by atoms with Crippen LogP contribution in [0.15, 0.2) is 48.5 Å². The molecule has 0 fully saturated rings. The molecule has 0 saturated carbocycles. The molecule has 1 N–H and O–H groups in total. The largest absolute Gasteiger partial charge is 0.494 e. The maximum Gasteiger partial charge on any atom is 0.303 e. The van der Waals surface area contributed by atoms with Crippen LogP contribution in [0.1, 0.15) is 50.3 Å². The molecule has 0 radical (unpaired) electrons. The molecule has 0 spiro atoms. The molecule has 2 aromatic rings. The van der Waals surface area contributed by atoms with Gasteiger partial charge in [0.15, 0.2) is 0 Å². The van der Waals surface area contributed by atoms with E-state index in [2.05, 4.69) is 44.7 Å².